The van der Waals surface area contributed by atoms with E-state index in [0.717, 1.165) is 28.0 Å². The molecule has 2 aromatic rings. The molecule has 2 aromatic carbocycles. The van der Waals surface area contributed by atoms with E-state index in [2.05, 4.69) is 48.8 Å². The van der Waals surface area contributed by atoms with Crippen molar-refractivity contribution in [3.63, 3.8) is 0 Å². The first kappa shape index (κ1) is 16.1. The van der Waals surface area contributed by atoms with E-state index in [4.69, 9.17) is 10.5 Å². The molecule has 2 rings (SSSR count). The van der Waals surface area contributed by atoms with Crippen molar-refractivity contribution in [3.8, 4) is 11.5 Å². The van der Waals surface area contributed by atoms with Gasteiger partial charge in [0.1, 0.15) is 11.5 Å². The molecular weight excluding hydrogens is 326 g/mol. The normalized spacial score (nSPS) is 11.5. The Morgan fingerprint density at radius 1 is 1.05 bits per heavy atom. The molecule has 0 aliphatic carbocycles. The topological polar surface area (TPSA) is 35.2 Å². The monoisotopic (exact) mass is 347 g/mol. The molecule has 0 bridgehead atoms. The highest BCUT2D eigenvalue weighted by molar-refractivity contribution is 9.10. The number of hydrogen-bond acceptors (Lipinski definition) is 2. The van der Waals surface area contributed by atoms with Crippen molar-refractivity contribution in [1.82, 2.24) is 0 Å². The summed E-state index contributed by atoms with van der Waals surface area (Å²) in [5, 5.41) is 0. The Balaban J connectivity index is 2.19. The molecule has 0 unspecified atom stereocenters. The second kappa shape index (κ2) is 6.63. The molecule has 0 aliphatic heterocycles. The van der Waals surface area contributed by atoms with Crippen LogP contribution < -0.4 is 10.5 Å². The minimum atomic E-state index is 0.195. The smallest absolute Gasteiger partial charge is 0.128 e. The van der Waals surface area contributed by atoms with E-state index in [1.807, 2.05) is 30.3 Å². The predicted molar refractivity (Wildman–Crippen MR) is 91.9 cm³/mol. The molecule has 0 saturated heterocycles. The van der Waals surface area contributed by atoms with Crippen LogP contribution in [0.5, 0.6) is 11.5 Å². The van der Waals surface area contributed by atoms with Gasteiger partial charge in [0.25, 0.3) is 0 Å². The zero-order valence-electron chi connectivity index (χ0n) is 12.8. The SMILES string of the molecule is CCC(C)(C)c1ccc(Oc2cc(Br)cc(CN)c2)cc1. The maximum absolute atomic E-state index is 5.92. The van der Waals surface area contributed by atoms with Crippen LogP contribution in [0.4, 0.5) is 0 Å². The van der Waals surface area contributed by atoms with E-state index in [1.54, 1.807) is 0 Å². The van der Waals surface area contributed by atoms with Crippen molar-refractivity contribution >= 4 is 15.9 Å². The lowest BCUT2D eigenvalue weighted by Gasteiger charge is -2.23. The lowest BCUT2D eigenvalue weighted by molar-refractivity contribution is 0.477. The summed E-state index contributed by atoms with van der Waals surface area (Å²) in [6.07, 6.45) is 1.11. The minimum Gasteiger partial charge on any atom is -0.457 e. The van der Waals surface area contributed by atoms with Crippen molar-refractivity contribution in [1.29, 1.82) is 0 Å². The summed E-state index contributed by atoms with van der Waals surface area (Å²) in [4.78, 5) is 0. The van der Waals surface area contributed by atoms with Gasteiger partial charge in [-0.1, -0.05) is 48.8 Å². The molecule has 0 radical (unpaired) electrons. The van der Waals surface area contributed by atoms with E-state index in [1.165, 1.54) is 5.56 Å². The number of benzene rings is 2. The predicted octanol–water partition coefficient (Wildman–Crippen LogP) is 5.39. The largest absolute Gasteiger partial charge is 0.457 e. The van der Waals surface area contributed by atoms with Crippen molar-refractivity contribution in [2.45, 2.75) is 39.2 Å². The lowest BCUT2D eigenvalue weighted by atomic mass is 9.82. The number of ether oxygens (including phenoxy) is 1. The maximum atomic E-state index is 5.92. The highest BCUT2D eigenvalue weighted by atomic mass is 79.9. The van der Waals surface area contributed by atoms with E-state index in [9.17, 15) is 0 Å². The Morgan fingerprint density at radius 3 is 2.29 bits per heavy atom. The average molecular weight is 348 g/mol. The number of hydrogen-bond donors (Lipinski definition) is 1. The van der Waals surface area contributed by atoms with E-state index in [-0.39, 0.29) is 5.41 Å². The van der Waals surface area contributed by atoms with Gasteiger partial charge in [-0.05, 0) is 53.3 Å². The molecule has 21 heavy (non-hydrogen) atoms. The third-order valence-electron chi connectivity index (χ3n) is 3.92. The Morgan fingerprint density at radius 2 is 1.71 bits per heavy atom. The van der Waals surface area contributed by atoms with Gasteiger partial charge in [0.2, 0.25) is 0 Å². The molecule has 0 spiro atoms. The van der Waals surface area contributed by atoms with Gasteiger partial charge < -0.3 is 10.5 Å². The van der Waals surface area contributed by atoms with Crippen LogP contribution in [0, 0.1) is 0 Å². The van der Waals surface area contributed by atoms with Crippen LogP contribution >= 0.6 is 15.9 Å². The molecule has 0 atom stereocenters. The molecule has 0 aliphatic rings. The quantitative estimate of drug-likeness (QED) is 0.786. The second-order valence-electron chi connectivity index (χ2n) is 5.86. The fourth-order valence-corrected chi connectivity index (χ4v) is 2.63. The van der Waals surface area contributed by atoms with Gasteiger partial charge in [0, 0.05) is 11.0 Å². The molecule has 3 heteroatoms. The summed E-state index contributed by atoms with van der Waals surface area (Å²) >= 11 is 3.48. The molecule has 112 valence electrons. The van der Waals surface area contributed by atoms with E-state index >= 15 is 0 Å². The minimum absolute atomic E-state index is 0.195. The summed E-state index contributed by atoms with van der Waals surface area (Å²) in [5.41, 5.74) is 8.26. The average Bonchev–Trinajstić information content (AvgIpc) is 2.47. The zero-order valence-corrected chi connectivity index (χ0v) is 14.4. The number of rotatable bonds is 5. The molecule has 0 amide bonds. The van der Waals surface area contributed by atoms with Crippen LogP contribution in [0.2, 0.25) is 0 Å². The first-order chi connectivity index (χ1) is 9.94. The molecule has 2 N–H and O–H groups in total. The third kappa shape index (κ3) is 4.08. The van der Waals surface area contributed by atoms with Crippen LogP contribution in [-0.4, -0.2) is 0 Å². The van der Waals surface area contributed by atoms with Gasteiger partial charge in [0.15, 0.2) is 0 Å². The van der Waals surface area contributed by atoms with Crippen molar-refractivity contribution in [2.24, 2.45) is 5.73 Å². The van der Waals surface area contributed by atoms with Crippen molar-refractivity contribution in [3.05, 3.63) is 58.1 Å². The summed E-state index contributed by atoms with van der Waals surface area (Å²) in [7, 11) is 0. The standard InChI is InChI=1S/C18H22BrNO/c1-4-18(2,3)14-5-7-16(8-6-14)21-17-10-13(12-20)9-15(19)11-17/h5-11H,4,12,20H2,1-3H3. The summed E-state index contributed by atoms with van der Waals surface area (Å²) in [6.45, 7) is 7.22. The van der Waals surface area contributed by atoms with Gasteiger partial charge >= 0.3 is 0 Å². The lowest BCUT2D eigenvalue weighted by Crippen LogP contribution is -2.14. The van der Waals surface area contributed by atoms with E-state index in [0.29, 0.717) is 6.54 Å². The number of halogens is 1. The molecular formula is C18H22BrNO. The van der Waals surface area contributed by atoms with Crippen molar-refractivity contribution in [2.75, 3.05) is 0 Å². The van der Waals surface area contributed by atoms with Crippen molar-refractivity contribution < 1.29 is 4.74 Å². The highest BCUT2D eigenvalue weighted by Crippen LogP contribution is 2.30. The van der Waals surface area contributed by atoms with Crippen LogP contribution in [0.1, 0.15) is 38.3 Å². The molecule has 0 saturated carbocycles. The Labute approximate surface area is 135 Å². The van der Waals surface area contributed by atoms with Gasteiger partial charge in [-0.25, -0.2) is 0 Å². The van der Waals surface area contributed by atoms with E-state index < -0.39 is 0 Å². The van der Waals surface area contributed by atoms with Crippen LogP contribution in [-0.2, 0) is 12.0 Å². The Bertz CT molecular complexity index is 605. The Kier molecular flexibility index (Phi) is 5.07. The third-order valence-corrected chi connectivity index (χ3v) is 4.38. The summed E-state index contributed by atoms with van der Waals surface area (Å²) in [5.74, 6) is 1.64. The first-order valence-corrected chi connectivity index (χ1v) is 8.02. The highest BCUT2D eigenvalue weighted by Gasteiger charge is 2.17. The second-order valence-corrected chi connectivity index (χ2v) is 6.78. The van der Waals surface area contributed by atoms with Crippen LogP contribution in [0.15, 0.2) is 46.9 Å². The Hall–Kier alpha value is -1.32. The molecule has 2 nitrogen and oxygen atoms in total. The fourth-order valence-electron chi connectivity index (χ4n) is 2.11. The molecule has 0 aromatic heterocycles. The molecule has 0 fully saturated rings. The van der Waals surface area contributed by atoms with Crippen LogP contribution in [0.25, 0.3) is 0 Å². The number of nitrogens with two attached hydrogens (primary N) is 1. The summed E-state index contributed by atoms with van der Waals surface area (Å²) in [6, 6.07) is 14.2. The van der Waals surface area contributed by atoms with Gasteiger partial charge in [0.05, 0.1) is 0 Å². The maximum Gasteiger partial charge on any atom is 0.128 e. The van der Waals surface area contributed by atoms with Crippen LogP contribution in [0.3, 0.4) is 0 Å². The van der Waals surface area contributed by atoms with Gasteiger partial charge in [-0.3, -0.25) is 0 Å². The van der Waals surface area contributed by atoms with Gasteiger partial charge in [-0.2, -0.15) is 0 Å². The fraction of sp³-hybridized carbons (Fsp3) is 0.333. The first-order valence-electron chi connectivity index (χ1n) is 7.22. The summed E-state index contributed by atoms with van der Waals surface area (Å²) < 4.78 is 6.89. The van der Waals surface area contributed by atoms with Gasteiger partial charge in [-0.15, -0.1) is 0 Å². The zero-order chi connectivity index (χ0) is 15.5. The molecule has 0 heterocycles.